The summed E-state index contributed by atoms with van der Waals surface area (Å²) in [5.74, 6) is 1.03. The van der Waals surface area contributed by atoms with Gasteiger partial charge in [0.25, 0.3) is 0 Å². The fourth-order valence-corrected chi connectivity index (χ4v) is 2.66. The number of rotatable bonds is 4. The summed E-state index contributed by atoms with van der Waals surface area (Å²) in [5.41, 5.74) is 2.45. The third-order valence-electron chi connectivity index (χ3n) is 3.96. The second-order valence-electron chi connectivity index (χ2n) is 5.41. The monoisotopic (exact) mass is 244 g/mol. The molecule has 0 saturated heterocycles. The van der Waals surface area contributed by atoms with E-state index in [1.54, 1.807) is 0 Å². The molecule has 2 aliphatic rings. The van der Waals surface area contributed by atoms with Gasteiger partial charge >= 0.3 is 0 Å². The molecule has 18 heavy (non-hydrogen) atoms. The molecule has 1 saturated carbocycles. The van der Waals surface area contributed by atoms with Crippen molar-refractivity contribution in [3.05, 3.63) is 35.4 Å². The van der Waals surface area contributed by atoms with E-state index in [9.17, 15) is 4.79 Å². The summed E-state index contributed by atoms with van der Waals surface area (Å²) in [7, 11) is 0. The smallest absolute Gasteiger partial charge is 0.228 e. The molecule has 96 valence electrons. The van der Waals surface area contributed by atoms with Crippen LogP contribution in [0.15, 0.2) is 24.3 Å². The minimum atomic E-state index is -0.0193. The molecule has 0 bridgehead atoms. The Balaban J connectivity index is 1.62. The molecular weight excluding hydrogens is 224 g/mol. The fraction of sp³-hybridized carbons (Fsp3) is 0.533. The third kappa shape index (κ3) is 2.56. The second kappa shape index (κ2) is 5.11. The molecule has 0 spiro atoms. The topological polar surface area (TPSA) is 41.1 Å². The third-order valence-corrected chi connectivity index (χ3v) is 3.96. The van der Waals surface area contributed by atoms with E-state index in [2.05, 4.69) is 22.8 Å². The summed E-state index contributed by atoms with van der Waals surface area (Å²) < 4.78 is 0. The highest BCUT2D eigenvalue weighted by molar-refractivity contribution is 5.84. The Labute approximate surface area is 108 Å². The lowest BCUT2D eigenvalue weighted by molar-refractivity contribution is -0.122. The van der Waals surface area contributed by atoms with Crippen LogP contribution in [0.4, 0.5) is 0 Å². The quantitative estimate of drug-likeness (QED) is 0.848. The Hall–Kier alpha value is -1.35. The highest BCUT2D eigenvalue weighted by atomic mass is 16.1. The van der Waals surface area contributed by atoms with Gasteiger partial charge in [0, 0.05) is 19.6 Å². The summed E-state index contributed by atoms with van der Waals surface area (Å²) in [4.78, 5) is 12.2. The van der Waals surface area contributed by atoms with Crippen LogP contribution in [0.25, 0.3) is 0 Å². The number of carbonyl (C=O) groups excluding carboxylic acids is 1. The van der Waals surface area contributed by atoms with E-state index < -0.39 is 0 Å². The van der Waals surface area contributed by atoms with Crippen molar-refractivity contribution in [2.24, 2.45) is 5.92 Å². The molecule has 3 rings (SSSR count). The lowest BCUT2D eigenvalue weighted by Gasteiger charge is -2.25. The SMILES string of the molecule is O=C(NCCC1CC1)C1CNCc2ccccc21. The molecule has 1 aromatic carbocycles. The van der Waals surface area contributed by atoms with Crippen LogP contribution in [-0.4, -0.2) is 19.0 Å². The Morgan fingerprint density at radius 2 is 2.17 bits per heavy atom. The van der Waals surface area contributed by atoms with Crippen molar-refractivity contribution in [1.29, 1.82) is 0 Å². The number of amides is 1. The van der Waals surface area contributed by atoms with Crippen molar-refractivity contribution in [2.45, 2.75) is 31.7 Å². The van der Waals surface area contributed by atoms with E-state index >= 15 is 0 Å². The second-order valence-corrected chi connectivity index (χ2v) is 5.41. The molecule has 0 radical (unpaired) electrons. The fourth-order valence-electron chi connectivity index (χ4n) is 2.66. The number of hydrogen-bond donors (Lipinski definition) is 2. The van der Waals surface area contributed by atoms with E-state index in [0.29, 0.717) is 0 Å². The van der Waals surface area contributed by atoms with Crippen molar-refractivity contribution in [3.8, 4) is 0 Å². The first-order valence-corrected chi connectivity index (χ1v) is 6.91. The molecule has 1 amide bonds. The first kappa shape index (κ1) is 11.7. The van der Waals surface area contributed by atoms with Crippen LogP contribution in [0.5, 0.6) is 0 Å². The predicted molar refractivity (Wildman–Crippen MR) is 71.2 cm³/mol. The van der Waals surface area contributed by atoms with Gasteiger partial charge in [-0.2, -0.15) is 0 Å². The van der Waals surface area contributed by atoms with Gasteiger partial charge in [0.1, 0.15) is 0 Å². The van der Waals surface area contributed by atoms with Gasteiger partial charge < -0.3 is 10.6 Å². The van der Waals surface area contributed by atoms with Gasteiger partial charge in [0.05, 0.1) is 5.92 Å². The molecule has 1 aliphatic carbocycles. The largest absolute Gasteiger partial charge is 0.356 e. The summed E-state index contributed by atoms with van der Waals surface area (Å²) in [6.45, 7) is 2.47. The standard InChI is InChI=1S/C15H20N2O/c18-15(17-8-7-11-5-6-11)14-10-16-9-12-3-1-2-4-13(12)14/h1-4,11,14,16H,5-10H2,(H,17,18). The Morgan fingerprint density at radius 3 is 3.00 bits per heavy atom. The zero-order valence-electron chi connectivity index (χ0n) is 10.6. The number of nitrogens with one attached hydrogen (secondary N) is 2. The predicted octanol–water partition coefficient (Wildman–Crippen LogP) is 1.79. The molecule has 0 aromatic heterocycles. The van der Waals surface area contributed by atoms with Gasteiger partial charge in [-0.05, 0) is 23.5 Å². The number of fused-ring (bicyclic) bond motifs is 1. The molecular formula is C15H20N2O. The molecule has 3 heteroatoms. The summed E-state index contributed by atoms with van der Waals surface area (Å²) in [6.07, 6.45) is 3.85. The summed E-state index contributed by atoms with van der Waals surface area (Å²) in [5, 5.41) is 6.41. The molecule has 2 N–H and O–H groups in total. The molecule has 1 fully saturated rings. The molecule has 3 nitrogen and oxygen atoms in total. The van der Waals surface area contributed by atoms with Crippen LogP contribution in [0, 0.1) is 5.92 Å². The summed E-state index contributed by atoms with van der Waals surface area (Å²) in [6, 6.07) is 8.25. The van der Waals surface area contributed by atoms with E-state index in [4.69, 9.17) is 0 Å². The van der Waals surface area contributed by atoms with Crippen molar-refractivity contribution in [2.75, 3.05) is 13.1 Å². The van der Waals surface area contributed by atoms with E-state index in [1.807, 2.05) is 12.1 Å². The Kier molecular flexibility index (Phi) is 3.33. The van der Waals surface area contributed by atoms with Gasteiger partial charge in [-0.25, -0.2) is 0 Å². The van der Waals surface area contributed by atoms with Crippen molar-refractivity contribution in [1.82, 2.24) is 10.6 Å². The first-order valence-electron chi connectivity index (χ1n) is 6.91. The van der Waals surface area contributed by atoms with Crippen LogP contribution in [0.1, 0.15) is 36.3 Å². The maximum Gasteiger partial charge on any atom is 0.228 e. The Morgan fingerprint density at radius 1 is 1.33 bits per heavy atom. The molecule has 1 atom stereocenters. The summed E-state index contributed by atoms with van der Waals surface area (Å²) >= 11 is 0. The number of benzene rings is 1. The van der Waals surface area contributed by atoms with E-state index in [1.165, 1.54) is 24.0 Å². The highest BCUT2D eigenvalue weighted by Crippen LogP contribution is 2.31. The van der Waals surface area contributed by atoms with Crippen LogP contribution in [-0.2, 0) is 11.3 Å². The lowest BCUT2D eigenvalue weighted by atomic mass is 9.90. The zero-order chi connectivity index (χ0) is 12.4. The molecule has 1 heterocycles. The highest BCUT2D eigenvalue weighted by Gasteiger charge is 2.26. The van der Waals surface area contributed by atoms with E-state index in [0.717, 1.165) is 32.0 Å². The van der Waals surface area contributed by atoms with Gasteiger partial charge in [0.15, 0.2) is 0 Å². The van der Waals surface area contributed by atoms with Gasteiger partial charge in [-0.3, -0.25) is 4.79 Å². The normalized spacial score (nSPS) is 22.3. The number of carbonyl (C=O) groups is 1. The van der Waals surface area contributed by atoms with Gasteiger partial charge in [-0.15, -0.1) is 0 Å². The average Bonchev–Trinajstić information content (AvgIpc) is 3.22. The number of hydrogen-bond acceptors (Lipinski definition) is 2. The molecule has 1 aliphatic heterocycles. The van der Waals surface area contributed by atoms with Crippen LogP contribution in [0.2, 0.25) is 0 Å². The van der Waals surface area contributed by atoms with Crippen LogP contribution >= 0.6 is 0 Å². The zero-order valence-corrected chi connectivity index (χ0v) is 10.6. The average molecular weight is 244 g/mol. The van der Waals surface area contributed by atoms with Crippen molar-refractivity contribution < 1.29 is 4.79 Å². The van der Waals surface area contributed by atoms with Gasteiger partial charge in [0.2, 0.25) is 5.91 Å². The minimum absolute atomic E-state index is 0.0193. The Bertz CT molecular complexity index is 440. The lowest BCUT2D eigenvalue weighted by Crippen LogP contribution is -2.39. The maximum absolute atomic E-state index is 12.2. The molecule has 1 unspecified atom stereocenters. The van der Waals surface area contributed by atoms with Crippen molar-refractivity contribution in [3.63, 3.8) is 0 Å². The molecule has 1 aromatic rings. The first-order chi connectivity index (χ1) is 8.84. The maximum atomic E-state index is 12.2. The minimum Gasteiger partial charge on any atom is -0.356 e. The van der Waals surface area contributed by atoms with Crippen LogP contribution < -0.4 is 10.6 Å². The van der Waals surface area contributed by atoms with E-state index in [-0.39, 0.29) is 11.8 Å². The van der Waals surface area contributed by atoms with Crippen molar-refractivity contribution >= 4 is 5.91 Å². The van der Waals surface area contributed by atoms with Gasteiger partial charge in [-0.1, -0.05) is 37.1 Å². The van der Waals surface area contributed by atoms with Crippen LogP contribution in [0.3, 0.4) is 0 Å².